The van der Waals surface area contributed by atoms with Gasteiger partial charge >= 0.3 is 5.97 Å². The van der Waals surface area contributed by atoms with Crippen LogP contribution in [-0.2, 0) is 9.59 Å². The van der Waals surface area contributed by atoms with Crippen molar-refractivity contribution in [3.05, 3.63) is 30.3 Å². The average Bonchev–Trinajstić information content (AvgIpc) is 2.17. The number of aliphatic hydroxyl groups is 1. The molecule has 0 saturated heterocycles. The summed E-state index contributed by atoms with van der Waals surface area (Å²) in [5.41, 5.74) is -1.66. The number of hydrogen-bond acceptors (Lipinski definition) is 4. The van der Waals surface area contributed by atoms with Gasteiger partial charge in [-0.3, -0.25) is 9.59 Å². The van der Waals surface area contributed by atoms with Crippen molar-refractivity contribution in [2.24, 2.45) is 0 Å². The van der Waals surface area contributed by atoms with Crippen LogP contribution < -0.4 is 4.74 Å². The molecule has 86 valence electrons. The molecule has 0 bridgehead atoms. The molecule has 0 aliphatic rings. The van der Waals surface area contributed by atoms with E-state index >= 15 is 0 Å². The number of ether oxygens (including phenoxy) is 1. The lowest BCUT2D eigenvalue weighted by Gasteiger charge is -2.18. The molecule has 0 heterocycles. The summed E-state index contributed by atoms with van der Waals surface area (Å²) in [6.07, 6.45) is -0.350. The molecule has 0 aliphatic heterocycles. The second-order valence-corrected chi connectivity index (χ2v) is 3.79. The number of carbonyl (C=O) groups excluding carboxylic acids is 2. The van der Waals surface area contributed by atoms with Crippen LogP contribution in [0.15, 0.2) is 30.3 Å². The molecule has 0 spiro atoms. The number of ketones is 1. The lowest BCUT2D eigenvalue weighted by Crippen LogP contribution is -2.36. The van der Waals surface area contributed by atoms with E-state index in [0.29, 0.717) is 5.75 Å². The van der Waals surface area contributed by atoms with Crippen molar-refractivity contribution in [3.63, 3.8) is 0 Å². The van der Waals surface area contributed by atoms with E-state index in [1.165, 1.54) is 13.8 Å². The first-order valence-corrected chi connectivity index (χ1v) is 4.91. The third kappa shape index (κ3) is 3.47. The number of benzene rings is 1. The summed E-state index contributed by atoms with van der Waals surface area (Å²) >= 11 is 0. The Morgan fingerprint density at radius 1 is 1.31 bits per heavy atom. The van der Waals surface area contributed by atoms with Gasteiger partial charge in [0, 0.05) is 0 Å². The van der Waals surface area contributed by atoms with Gasteiger partial charge in [-0.15, -0.1) is 0 Å². The fourth-order valence-corrected chi connectivity index (χ4v) is 1.06. The standard InChI is InChI=1S/C12H14O4/c1-9(13)12(2,15)8-11(14)16-10-6-4-3-5-7-10/h3-7,15H,8H2,1-2H3/t12-/m1/s1. The van der Waals surface area contributed by atoms with Crippen LogP contribution in [0.1, 0.15) is 20.3 Å². The average molecular weight is 222 g/mol. The van der Waals surface area contributed by atoms with Gasteiger partial charge in [-0.05, 0) is 26.0 Å². The maximum atomic E-state index is 11.4. The topological polar surface area (TPSA) is 63.6 Å². The fourth-order valence-electron chi connectivity index (χ4n) is 1.06. The molecule has 0 amide bonds. The first-order valence-electron chi connectivity index (χ1n) is 4.91. The van der Waals surface area contributed by atoms with Gasteiger partial charge < -0.3 is 9.84 Å². The van der Waals surface area contributed by atoms with Crippen LogP contribution in [0.2, 0.25) is 0 Å². The monoisotopic (exact) mass is 222 g/mol. The molecule has 0 aliphatic carbocycles. The highest BCUT2D eigenvalue weighted by atomic mass is 16.5. The van der Waals surface area contributed by atoms with Crippen LogP contribution >= 0.6 is 0 Å². The van der Waals surface area contributed by atoms with Crippen LogP contribution in [-0.4, -0.2) is 22.5 Å². The maximum Gasteiger partial charge on any atom is 0.314 e. The number of hydrogen-bond donors (Lipinski definition) is 1. The van der Waals surface area contributed by atoms with Gasteiger partial charge in [-0.25, -0.2) is 0 Å². The highest BCUT2D eigenvalue weighted by molar-refractivity contribution is 5.89. The summed E-state index contributed by atoms with van der Waals surface area (Å²) in [7, 11) is 0. The van der Waals surface area contributed by atoms with Crippen molar-refractivity contribution in [2.75, 3.05) is 0 Å². The molecule has 0 saturated carbocycles. The van der Waals surface area contributed by atoms with Crippen molar-refractivity contribution in [1.82, 2.24) is 0 Å². The predicted octanol–water partition coefficient (Wildman–Crippen LogP) is 1.32. The molecule has 4 nitrogen and oxygen atoms in total. The summed E-state index contributed by atoms with van der Waals surface area (Å²) in [4.78, 5) is 22.4. The number of Topliss-reactive ketones (excluding diaryl/α,β-unsaturated/α-hetero) is 1. The number of carbonyl (C=O) groups is 2. The molecule has 0 unspecified atom stereocenters. The van der Waals surface area contributed by atoms with Crippen molar-refractivity contribution in [1.29, 1.82) is 0 Å². The van der Waals surface area contributed by atoms with Gasteiger partial charge in [0.2, 0.25) is 0 Å². The van der Waals surface area contributed by atoms with Crippen molar-refractivity contribution in [2.45, 2.75) is 25.9 Å². The Morgan fingerprint density at radius 2 is 1.88 bits per heavy atom. The summed E-state index contributed by atoms with van der Waals surface area (Å²) in [6, 6.07) is 8.50. The van der Waals surface area contributed by atoms with Gasteiger partial charge in [0.15, 0.2) is 5.78 Å². The zero-order chi connectivity index (χ0) is 12.2. The van der Waals surface area contributed by atoms with E-state index < -0.39 is 17.4 Å². The van der Waals surface area contributed by atoms with Gasteiger partial charge in [0.25, 0.3) is 0 Å². The summed E-state index contributed by atoms with van der Waals surface area (Å²) in [5.74, 6) is -0.698. The Kier molecular flexibility index (Phi) is 3.79. The van der Waals surface area contributed by atoms with Crippen molar-refractivity contribution in [3.8, 4) is 5.75 Å². The van der Waals surface area contributed by atoms with Gasteiger partial charge in [0.1, 0.15) is 11.4 Å². The van der Waals surface area contributed by atoms with Crippen LogP contribution in [0.5, 0.6) is 5.75 Å². The van der Waals surface area contributed by atoms with Gasteiger partial charge in [-0.1, -0.05) is 18.2 Å². The molecule has 1 atom stereocenters. The van der Waals surface area contributed by atoms with Gasteiger partial charge in [0.05, 0.1) is 6.42 Å². The van der Waals surface area contributed by atoms with E-state index in [9.17, 15) is 14.7 Å². The zero-order valence-corrected chi connectivity index (χ0v) is 9.27. The van der Waals surface area contributed by atoms with E-state index in [1.807, 2.05) is 0 Å². The largest absolute Gasteiger partial charge is 0.426 e. The zero-order valence-electron chi connectivity index (χ0n) is 9.27. The van der Waals surface area contributed by atoms with E-state index in [0.717, 1.165) is 0 Å². The Morgan fingerprint density at radius 3 is 2.38 bits per heavy atom. The second-order valence-electron chi connectivity index (χ2n) is 3.79. The Labute approximate surface area is 93.9 Å². The van der Waals surface area contributed by atoms with Crippen LogP contribution in [0.4, 0.5) is 0 Å². The number of rotatable bonds is 4. The SMILES string of the molecule is CC(=O)[C@](C)(O)CC(=O)Oc1ccccc1. The highest BCUT2D eigenvalue weighted by Gasteiger charge is 2.30. The molecular weight excluding hydrogens is 208 g/mol. The van der Waals surface area contributed by atoms with Crippen molar-refractivity contribution >= 4 is 11.8 Å². The van der Waals surface area contributed by atoms with E-state index in [-0.39, 0.29) is 6.42 Å². The molecule has 0 radical (unpaired) electrons. The third-order valence-electron chi connectivity index (χ3n) is 2.22. The fraction of sp³-hybridized carbons (Fsp3) is 0.333. The number of para-hydroxylation sites is 1. The van der Waals surface area contributed by atoms with Crippen LogP contribution in [0, 0.1) is 0 Å². The summed E-state index contributed by atoms with van der Waals surface area (Å²) in [6.45, 7) is 2.53. The Hall–Kier alpha value is -1.68. The normalized spacial score (nSPS) is 13.9. The lowest BCUT2D eigenvalue weighted by molar-refractivity contribution is -0.146. The minimum atomic E-state index is -1.66. The molecule has 16 heavy (non-hydrogen) atoms. The first kappa shape index (κ1) is 12.4. The van der Waals surface area contributed by atoms with E-state index in [1.54, 1.807) is 30.3 Å². The molecule has 1 aromatic carbocycles. The lowest BCUT2D eigenvalue weighted by atomic mass is 9.98. The van der Waals surface area contributed by atoms with Crippen LogP contribution in [0.25, 0.3) is 0 Å². The second kappa shape index (κ2) is 4.90. The smallest absolute Gasteiger partial charge is 0.314 e. The molecule has 1 N–H and O–H groups in total. The minimum absolute atomic E-state index is 0.350. The first-order chi connectivity index (χ1) is 7.42. The van der Waals surface area contributed by atoms with Crippen molar-refractivity contribution < 1.29 is 19.4 Å². The molecule has 4 heteroatoms. The maximum absolute atomic E-state index is 11.4. The third-order valence-corrected chi connectivity index (χ3v) is 2.22. The Balaban J connectivity index is 2.58. The van der Waals surface area contributed by atoms with Gasteiger partial charge in [-0.2, -0.15) is 0 Å². The van der Waals surface area contributed by atoms with Crippen LogP contribution in [0.3, 0.4) is 0 Å². The predicted molar refractivity (Wildman–Crippen MR) is 58.0 cm³/mol. The summed E-state index contributed by atoms with van der Waals surface area (Å²) < 4.78 is 4.95. The highest BCUT2D eigenvalue weighted by Crippen LogP contribution is 2.14. The molecule has 0 fully saturated rings. The molecule has 0 aromatic heterocycles. The molecule has 1 rings (SSSR count). The number of esters is 1. The molecular formula is C12H14O4. The summed E-state index contributed by atoms with van der Waals surface area (Å²) in [5, 5.41) is 9.59. The molecule has 1 aromatic rings. The van der Waals surface area contributed by atoms with E-state index in [4.69, 9.17) is 4.74 Å². The van der Waals surface area contributed by atoms with E-state index in [2.05, 4.69) is 0 Å². The minimum Gasteiger partial charge on any atom is -0.426 e. The Bertz CT molecular complexity index is 381. The quantitative estimate of drug-likeness (QED) is 0.616.